The predicted molar refractivity (Wildman–Crippen MR) is 55.4 cm³/mol. The van der Waals surface area contributed by atoms with Crippen LogP contribution in [0, 0.1) is 10.1 Å². The van der Waals surface area contributed by atoms with Gasteiger partial charge in [0.05, 0.1) is 4.92 Å². The van der Waals surface area contributed by atoms with E-state index in [9.17, 15) is 14.9 Å². The van der Waals surface area contributed by atoms with Gasteiger partial charge >= 0.3 is 0 Å². The number of nitro groups is 1. The van der Waals surface area contributed by atoms with Crippen LogP contribution in [0.2, 0.25) is 0 Å². The molecular weight excluding hydrogens is 198 g/mol. The Labute approximate surface area is 86.2 Å². The number of non-ortho nitro benzene ring substituents is 1. The number of hydrogen-bond acceptors (Lipinski definition) is 4. The maximum absolute atomic E-state index is 10.4. The van der Waals surface area contributed by atoms with Gasteiger partial charge in [-0.05, 0) is 6.07 Å². The first-order valence-electron chi connectivity index (χ1n) is 4.36. The molecule has 80 valence electrons. The van der Waals surface area contributed by atoms with Crippen LogP contribution in [0.25, 0.3) is 0 Å². The molecule has 0 fully saturated rings. The van der Waals surface area contributed by atoms with Gasteiger partial charge < -0.3 is 11.1 Å². The molecular formula is C9H11N3O3. The third kappa shape index (κ3) is 3.63. The van der Waals surface area contributed by atoms with Gasteiger partial charge in [-0.1, -0.05) is 6.07 Å². The van der Waals surface area contributed by atoms with Crippen LogP contribution < -0.4 is 11.1 Å². The normalized spacial score (nSPS) is 9.60. The minimum absolute atomic E-state index is 0.0130. The molecule has 1 amide bonds. The summed E-state index contributed by atoms with van der Waals surface area (Å²) in [6.45, 7) is 0.372. The summed E-state index contributed by atoms with van der Waals surface area (Å²) in [5.74, 6) is -0.409. The van der Waals surface area contributed by atoms with E-state index in [-0.39, 0.29) is 12.1 Å². The van der Waals surface area contributed by atoms with Gasteiger partial charge in [-0.15, -0.1) is 0 Å². The Morgan fingerprint density at radius 3 is 2.87 bits per heavy atom. The molecule has 0 atom stereocenters. The van der Waals surface area contributed by atoms with E-state index in [1.807, 2.05) is 0 Å². The highest BCUT2D eigenvalue weighted by atomic mass is 16.6. The molecule has 0 spiro atoms. The summed E-state index contributed by atoms with van der Waals surface area (Å²) < 4.78 is 0. The van der Waals surface area contributed by atoms with Gasteiger partial charge in [0.15, 0.2) is 0 Å². The fourth-order valence-electron chi connectivity index (χ4n) is 1.06. The molecule has 0 radical (unpaired) electrons. The van der Waals surface area contributed by atoms with Crippen LogP contribution in [-0.2, 0) is 4.79 Å². The summed E-state index contributed by atoms with van der Waals surface area (Å²) in [5, 5.41) is 13.3. The fourth-order valence-corrected chi connectivity index (χ4v) is 1.06. The molecule has 6 nitrogen and oxygen atoms in total. The second-order valence-corrected chi connectivity index (χ2v) is 2.95. The lowest BCUT2D eigenvalue weighted by atomic mass is 10.2. The number of nitrogens with one attached hydrogen (secondary N) is 1. The topological polar surface area (TPSA) is 98.3 Å². The summed E-state index contributed by atoms with van der Waals surface area (Å²) >= 11 is 0. The molecule has 1 aromatic rings. The van der Waals surface area contributed by atoms with Gasteiger partial charge in [0.2, 0.25) is 5.91 Å². The maximum atomic E-state index is 10.4. The average Bonchev–Trinajstić information content (AvgIpc) is 2.17. The third-order valence-electron chi connectivity index (χ3n) is 1.76. The molecule has 0 heterocycles. The van der Waals surface area contributed by atoms with Crippen molar-refractivity contribution >= 4 is 17.3 Å². The monoisotopic (exact) mass is 209 g/mol. The van der Waals surface area contributed by atoms with Crippen LogP contribution in [0.4, 0.5) is 11.4 Å². The van der Waals surface area contributed by atoms with E-state index < -0.39 is 10.8 Å². The minimum Gasteiger partial charge on any atom is -0.384 e. The van der Waals surface area contributed by atoms with Gasteiger partial charge in [-0.25, -0.2) is 0 Å². The van der Waals surface area contributed by atoms with E-state index in [1.165, 1.54) is 12.1 Å². The van der Waals surface area contributed by atoms with Gasteiger partial charge in [-0.3, -0.25) is 14.9 Å². The molecule has 1 rings (SSSR count). The maximum Gasteiger partial charge on any atom is 0.271 e. The number of primary amides is 1. The van der Waals surface area contributed by atoms with E-state index in [1.54, 1.807) is 12.1 Å². The molecule has 0 aliphatic rings. The lowest BCUT2D eigenvalue weighted by molar-refractivity contribution is -0.384. The van der Waals surface area contributed by atoms with Gasteiger partial charge in [0, 0.05) is 30.8 Å². The third-order valence-corrected chi connectivity index (χ3v) is 1.76. The summed E-state index contributed by atoms with van der Waals surface area (Å²) in [6.07, 6.45) is 0.197. The Morgan fingerprint density at radius 2 is 2.27 bits per heavy atom. The van der Waals surface area contributed by atoms with Crippen LogP contribution in [0.5, 0.6) is 0 Å². The number of hydrogen-bond donors (Lipinski definition) is 2. The average molecular weight is 209 g/mol. The lowest BCUT2D eigenvalue weighted by Crippen LogP contribution is -2.15. The lowest BCUT2D eigenvalue weighted by Gasteiger charge is -2.03. The van der Waals surface area contributed by atoms with Crippen LogP contribution in [0.15, 0.2) is 24.3 Å². The Balaban J connectivity index is 2.58. The zero-order valence-corrected chi connectivity index (χ0v) is 7.97. The first-order chi connectivity index (χ1) is 7.09. The number of benzene rings is 1. The van der Waals surface area contributed by atoms with E-state index in [0.717, 1.165) is 0 Å². The zero-order chi connectivity index (χ0) is 11.3. The number of anilines is 1. The SMILES string of the molecule is NC(=O)CCNc1cccc([N+](=O)[O-])c1. The highest BCUT2D eigenvalue weighted by Gasteiger charge is 2.04. The molecule has 3 N–H and O–H groups in total. The highest BCUT2D eigenvalue weighted by Crippen LogP contribution is 2.16. The van der Waals surface area contributed by atoms with Crippen molar-refractivity contribution in [3.63, 3.8) is 0 Å². The molecule has 0 saturated carbocycles. The van der Waals surface area contributed by atoms with Gasteiger partial charge in [0.1, 0.15) is 0 Å². The number of carbonyl (C=O) groups is 1. The number of nitrogens with two attached hydrogens (primary N) is 1. The molecule has 0 aliphatic carbocycles. The Kier molecular flexibility index (Phi) is 3.61. The van der Waals surface area contributed by atoms with Crippen molar-refractivity contribution in [2.45, 2.75) is 6.42 Å². The van der Waals surface area contributed by atoms with Crippen LogP contribution >= 0.6 is 0 Å². The quantitative estimate of drug-likeness (QED) is 0.555. The predicted octanol–water partition coefficient (Wildman–Crippen LogP) is 0.882. The molecule has 1 aromatic carbocycles. The highest BCUT2D eigenvalue weighted by molar-refractivity contribution is 5.74. The second kappa shape index (κ2) is 4.94. The number of nitrogens with zero attached hydrogens (tertiary/aromatic N) is 1. The molecule has 0 saturated heterocycles. The number of carbonyl (C=O) groups excluding carboxylic acids is 1. The second-order valence-electron chi connectivity index (χ2n) is 2.95. The van der Waals surface area contributed by atoms with Crippen molar-refractivity contribution < 1.29 is 9.72 Å². The largest absolute Gasteiger partial charge is 0.384 e. The molecule has 0 unspecified atom stereocenters. The summed E-state index contributed by atoms with van der Waals surface area (Å²) in [4.78, 5) is 20.4. The smallest absolute Gasteiger partial charge is 0.271 e. The Hall–Kier alpha value is -2.11. The van der Waals surface area contributed by atoms with Gasteiger partial charge in [-0.2, -0.15) is 0 Å². The molecule has 0 bridgehead atoms. The van der Waals surface area contributed by atoms with Crippen molar-refractivity contribution in [2.75, 3.05) is 11.9 Å². The van der Waals surface area contributed by atoms with Crippen LogP contribution in [0.1, 0.15) is 6.42 Å². The van der Waals surface area contributed by atoms with E-state index in [2.05, 4.69) is 5.32 Å². The van der Waals surface area contributed by atoms with Gasteiger partial charge in [0.25, 0.3) is 5.69 Å². The Morgan fingerprint density at radius 1 is 1.53 bits per heavy atom. The number of nitro benzene ring substituents is 1. The molecule has 6 heteroatoms. The standard InChI is InChI=1S/C9H11N3O3/c10-9(13)4-5-11-7-2-1-3-8(6-7)12(14)15/h1-3,6,11H,4-5H2,(H2,10,13). The van der Waals surface area contributed by atoms with Crippen molar-refractivity contribution in [1.82, 2.24) is 0 Å². The van der Waals surface area contributed by atoms with Crippen LogP contribution in [0.3, 0.4) is 0 Å². The first kappa shape index (κ1) is 11.0. The molecule has 0 aromatic heterocycles. The van der Waals surface area contributed by atoms with Crippen molar-refractivity contribution in [3.8, 4) is 0 Å². The van der Waals surface area contributed by atoms with E-state index in [0.29, 0.717) is 12.2 Å². The van der Waals surface area contributed by atoms with Crippen molar-refractivity contribution in [3.05, 3.63) is 34.4 Å². The van der Waals surface area contributed by atoms with Crippen LogP contribution in [-0.4, -0.2) is 17.4 Å². The number of amides is 1. The van der Waals surface area contributed by atoms with Crippen molar-refractivity contribution in [1.29, 1.82) is 0 Å². The van der Waals surface area contributed by atoms with Crippen molar-refractivity contribution in [2.24, 2.45) is 5.73 Å². The first-order valence-corrected chi connectivity index (χ1v) is 4.36. The zero-order valence-electron chi connectivity index (χ0n) is 7.97. The summed E-state index contributed by atoms with van der Waals surface area (Å²) in [7, 11) is 0. The minimum atomic E-state index is -0.473. The number of rotatable bonds is 5. The van der Waals surface area contributed by atoms with E-state index in [4.69, 9.17) is 5.73 Å². The Bertz CT molecular complexity index is 379. The molecule has 15 heavy (non-hydrogen) atoms. The molecule has 0 aliphatic heterocycles. The summed E-state index contributed by atoms with van der Waals surface area (Å²) in [5.41, 5.74) is 5.56. The summed E-state index contributed by atoms with van der Waals surface area (Å²) in [6, 6.07) is 6.07. The van der Waals surface area contributed by atoms with E-state index >= 15 is 0 Å². The fraction of sp³-hybridized carbons (Fsp3) is 0.222.